The summed E-state index contributed by atoms with van der Waals surface area (Å²) in [4.78, 5) is 4.41. The number of phenols is 1. The number of phenolic OH excluding ortho intramolecular Hbond substituents is 1. The molecule has 0 radical (unpaired) electrons. The number of aromatic hydroxyl groups is 1. The van der Waals surface area contributed by atoms with Gasteiger partial charge in [-0.15, -0.1) is 12.8 Å². The second kappa shape index (κ2) is 19.6. The number of rotatable bonds is 12. The summed E-state index contributed by atoms with van der Waals surface area (Å²) in [6.45, 7) is 7.39. The summed E-state index contributed by atoms with van der Waals surface area (Å²) in [5, 5.41) is 9.19. The van der Waals surface area contributed by atoms with Gasteiger partial charge in [-0.1, -0.05) is 12.1 Å². The van der Waals surface area contributed by atoms with Crippen LogP contribution in [0.15, 0.2) is 54.6 Å². The molecule has 0 aromatic heterocycles. The highest BCUT2D eigenvalue weighted by Crippen LogP contribution is 2.32. The molecule has 0 amide bonds. The third kappa shape index (κ3) is 11.1. The molecule has 1 N–H and O–H groups in total. The molecule has 1 aliphatic carbocycles. The number of likely N-dealkylation sites (N-methyl/N-ethyl adjacent to an activating group) is 1. The van der Waals surface area contributed by atoms with Gasteiger partial charge in [0.1, 0.15) is 12.4 Å². The first kappa shape index (κ1) is 36.5. The van der Waals surface area contributed by atoms with Gasteiger partial charge in [-0.3, -0.25) is 0 Å². The largest absolute Gasteiger partial charge is 0.508 e. The fourth-order valence-electron chi connectivity index (χ4n) is 5.88. The number of hydrogen-bond acceptors (Lipinski definition) is 7. The van der Waals surface area contributed by atoms with Crippen molar-refractivity contribution >= 4 is 5.69 Å². The van der Waals surface area contributed by atoms with Gasteiger partial charge in [0.2, 0.25) is 0 Å². The molecule has 1 fully saturated rings. The Morgan fingerprint density at radius 3 is 2.26 bits per heavy atom. The molecule has 3 aromatic rings. The lowest BCUT2D eigenvalue weighted by Crippen LogP contribution is -2.32. The first-order chi connectivity index (χ1) is 22.4. The number of anilines is 1. The number of ether oxygens (including phenoxy) is 4. The van der Waals surface area contributed by atoms with Gasteiger partial charge in [-0.05, 0) is 112 Å². The minimum Gasteiger partial charge on any atom is -0.508 e. The summed E-state index contributed by atoms with van der Waals surface area (Å²) in [6, 6.07) is 16.7. The lowest BCUT2D eigenvalue weighted by Gasteiger charge is -2.27. The Hall–Kier alpha value is -3.93. The van der Waals surface area contributed by atoms with E-state index in [1.54, 1.807) is 32.4 Å². The predicted molar refractivity (Wildman–Crippen MR) is 184 cm³/mol. The van der Waals surface area contributed by atoms with Crippen LogP contribution in [0.4, 0.5) is 10.1 Å². The van der Waals surface area contributed by atoms with Crippen LogP contribution in [0.1, 0.15) is 49.3 Å². The van der Waals surface area contributed by atoms with E-state index >= 15 is 0 Å². The quantitative estimate of drug-likeness (QED) is 0.213. The van der Waals surface area contributed by atoms with Crippen LogP contribution < -0.4 is 19.1 Å². The normalized spacial score (nSPS) is 14.2. The number of halogens is 1. The highest BCUT2D eigenvalue weighted by atomic mass is 19.1. The number of benzene rings is 3. The number of hydrogen-bond donors (Lipinski definition) is 1. The van der Waals surface area contributed by atoms with E-state index < -0.39 is 0 Å². The number of methoxy groups -OCH3 is 2. The monoisotopic (exact) mass is 634 g/mol. The van der Waals surface area contributed by atoms with E-state index in [2.05, 4.69) is 36.6 Å². The van der Waals surface area contributed by atoms with E-state index in [0.717, 1.165) is 63.4 Å². The molecule has 3 aromatic carbocycles. The lowest BCUT2D eigenvalue weighted by atomic mass is 9.92. The van der Waals surface area contributed by atoms with E-state index in [1.165, 1.54) is 30.4 Å². The van der Waals surface area contributed by atoms with Crippen molar-refractivity contribution in [1.82, 2.24) is 4.90 Å². The molecule has 0 atom stereocenters. The Morgan fingerprint density at radius 1 is 0.891 bits per heavy atom. The lowest BCUT2D eigenvalue weighted by molar-refractivity contribution is 0.0542. The molecule has 1 saturated heterocycles. The number of terminal acetylenes is 1. The third-order valence-corrected chi connectivity index (χ3v) is 8.46. The predicted octanol–water partition coefficient (Wildman–Crippen LogP) is 7.13. The molecule has 7 nitrogen and oxygen atoms in total. The topological polar surface area (TPSA) is 63.6 Å². The first-order valence-electron chi connectivity index (χ1n) is 16.2. The molecule has 250 valence electrons. The van der Waals surface area contributed by atoms with Gasteiger partial charge in [0, 0.05) is 51.1 Å². The van der Waals surface area contributed by atoms with Crippen molar-refractivity contribution in [2.24, 2.45) is 5.92 Å². The molecule has 0 saturated carbocycles. The zero-order chi connectivity index (χ0) is 33.3. The Morgan fingerprint density at radius 2 is 1.59 bits per heavy atom. The molecule has 8 heteroatoms. The van der Waals surface area contributed by atoms with Crippen molar-refractivity contribution < 1.29 is 28.4 Å². The van der Waals surface area contributed by atoms with Crippen molar-refractivity contribution in [3.63, 3.8) is 0 Å². The highest BCUT2D eigenvalue weighted by Gasteiger charge is 2.16. The molecule has 46 heavy (non-hydrogen) atoms. The fraction of sp³-hybridized carbons (Fsp3) is 0.474. The highest BCUT2D eigenvalue weighted by molar-refractivity contribution is 5.56. The molecular formula is C38H51FN2O5. The van der Waals surface area contributed by atoms with Crippen molar-refractivity contribution in [3.05, 3.63) is 77.1 Å². The van der Waals surface area contributed by atoms with Crippen LogP contribution in [-0.2, 0) is 24.1 Å². The van der Waals surface area contributed by atoms with E-state index in [9.17, 15) is 9.50 Å². The average molecular weight is 635 g/mol. The maximum Gasteiger partial charge on any atom is 0.165 e. The molecule has 1 heterocycles. The Balaban J connectivity index is 0.000000367. The maximum absolute atomic E-state index is 14.7. The molecule has 0 unspecified atom stereocenters. The summed E-state index contributed by atoms with van der Waals surface area (Å²) >= 11 is 0. The molecule has 0 bridgehead atoms. The van der Waals surface area contributed by atoms with Crippen LogP contribution in [0.25, 0.3) is 0 Å². The van der Waals surface area contributed by atoms with E-state index in [1.807, 2.05) is 36.4 Å². The van der Waals surface area contributed by atoms with E-state index in [4.69, 9.17) is 18.9 Å². The van der Waals surface area contributed by atoms with Gasteiger partial charge in [-0.25, -0.2) is 4.39 Å². The Kier molecular flexibility index (Phi) is 15.5. The zero-order valence-electron chi connectivity index (χ0n) is 28.0. The zero-order valence-corrected chi connectivity index (χ0v) is 28.0. The minimum atomic E-state index is -0.331. The molecular weight excluding hydrogens is 583 g/mol. The summed E-state index contributed by atoms with van der Waals surface area (Å²) in [5.41, 5.74) is 4.64. The van der Waals surface area contributed by atoms with Gasteiger partial charge >= 0.3 is 0 Å². The molecule has 0 spiro atoms. The van der Waals surface area contributed by atoms with Crippen LogP contribution in [0.2, 0.25) is 0 Å². The van der Waals surface area contributed by atoms with Crippen molar-refractivity contribution in [1.29, 1.82) is 0 Å². The standard InChI is InChI=1S/C26H37FN2O4.C10H12O.C2H2/c1-5-29(22-7-9-25(30-3)26(17-22)31-4)19-21-6-8-24(23(27)16-21)33-15-12-28(2)18-20-10-13-32-14-11-20;11-10-6-5-8-3-1-2-4-9(8)7-10;1-2/h6-9,16-17,20H,5,10-15,18-19H2,1-4H3;5-7,11H,1-4H2;1-2H. The summed E-state index contributed by atoms with van der Waals surface area (Å²) in [6.07, 6.45) is 15.1. The van der Waals surface area contributed by atoms with Gasteiger partial charge in [0.15, 0.2) is 23.1 Å². The molecule has 2 aliphatic rings. The Labute approximate surface area is 275 Å². The van der Waals surface area contributed by atoms with Crippen LogP contribution in [0.3, 0.4) is 0 Å². The van der Waals surface area contributed by atoms with E-state index in [0.29, 0.717) is 42.1 Å². The van der Waals surface area contributed by atoms with Gasteiger partial charge in [0.05, 0.1) is 14.2 Å². The van der Waals surface area contributed by atoms with Crippen molar-refractivity contribution in [2.45, 2.75) is 52.0 Å². The molecule has 1 aliphatic heterocycles. The third-order valence-electron chi connectivity index (χ3n) is 8.46. The fourth-order valence-corrected chi connectivity index (χ4v) is 5.88. The smallest absolute Gasteiger partial charge is 0.165 e. The SMILES string of the molecule is C#C.CCN(Cc1ccc(OCCN(C)CC2CCOCC2)c(F)c1)c1ccc(OC)c(OC)c1.Oc1ccc2c(c1)CCCC2. The van der Waals surface area contributed by atoms with Crippen LogP contribution in [0, 0.1) is 24.6 Å². The second-order valence-corrected chi connectivity index (χ2v) is 11.6. The van der Waals surface area contributed by atoms with Crippen LogP contribution in [-0.4, -0.2) is 70.7 Å². The number of nitrogens with zero attached hydrogens (tertiary/aromatic N) is 2. The molecule has 5 rings (SSSR count). The van der Waals surface area contributed by atoms with Gasteiger partial charge in [0.25, 0.3) is 0 Å². The number of aryl methyl sites for hydroxylation is 2. The van der Waals surface area contributed by atoms with Crippen LogP contribution >= 0.6 is 0 Å². The van der Waals surface area contributed by atoms with Gasteiger partial charge < -0.3 is 33.9 Å². The second-order valence-electron chi connectivity index (χ2n) is 11.6. The number of fused-ring (bicyclic) bond motifs is 1. The summed E-state index contributed by atoms with van der Waals surface area (Å²) < 4.78 is 36.6. The van der Waals surface area contributed by atoms with Crippen molar-refractivity contribution in [2.75, 3.05) is 65.6 Å². The Bertz CT molecular complexity index is 1360. The first-order valence-corrected chi connectivity index (χ1v) is 16.2. The average Bonchev–Trinajstić information content (AvgIpc) is 3.09. The van der Waals surface area contributed by atoms with Crippen molar-refractivity contribution in [3.8, 4) is 35.8 Å². The van der Waals surface area contributed by atoms with Gasteiger partial charge in [-0.2, -0.15) is 0 Å². The summed E-state index contributed by atoms with van der Waals surface area (Å²) in [7, 11) is 5.33. The summed E-state index contributed by atoms with van der Waals surface area (Å²) in [5.74, 6) is 2.40. The minimum absolute atomic E-state index is 0.299. The van der Waals surface area contributed by atoms with E-state index in [-0.39, 0.29) is 5.82 Å². The maximum atomic E-state index is 14.7. The van der Waals surface area contributed by atoms with Crippen LogP contribution in [0.5, 0.6) is 23.0 Å².